The zero-order valence-electron chi connectivity index (χ0n) is 10.9. The van der Waals surface area contributed by atoms with Crippen LogP contribution < -0.4 is 15.2 Å². The van der Waals surface area contributed by atoms with Crippen LogP contribution in [0.1, 0.15) is 11.1 Å². The molecule has 0 aliphatic rings. The quantitative estimate of drug-likeness (QED) is 0.858. The van der Waals surface area contributed by atoms with Gasteiger partial charge in [-0.2, -0.15) is 0 Å². The molecule has 0 atom stereocenters. The molecule has 3 nitrogen and oxygen atoms in total. The van der Waals surface area contributed by atoms with Crippen molar-refractivity contribution in [3.8, 4) is 11.5 Å². The molecule has 2 rings (SSSR count). The first-order valence-corrected chi connectivity index (χ1v) is 6.74. The van der Waals surface area contributed by atoms with Gasteiger partial charge in [0.05, 0.1) is 12.7 Å². The number of para-hydroxylation sites is 1. The van der Waals surface area contributed by atoms with E-state index in [0.717, 1.165) is 5.56 Å². The Morgan fingerprint density at radius 2 is 1.90 bits per heavy atom. The van der Waals surface area contributed by atoms with E-state index < -0.39 is 0 Å². The summed E-state index contributed by atoms with van der Waals surface area (Å²) >= 11 is 10.9. The van der Waals surface area contributed by atoms with Crippen molar-refractivity contribution in [1.29, 1.82) is 0 Å². The number of hydrogen-bond donors (Lipinski definition) is 1. The van der Waals surface area contributed by atoms with Gasteiger partial charge in [-0.15, -0.1) is 0 Å². The first-order chi connectivity index (χ1) is 9.61. The summed E-state index contributed by atoms with van der Waals surface area (Å²) in [6.45, 7) is 0.382. The van der Waals surface area contributed by atoms with E-state index in [0.29, 0.717) is 28.7 Å². The van der Waals surface area contributed by atoms with E-state index in [1.54, 1.807) is 13.2 Å². The summed E-state index contributed by atoms with van der Waals surface area (Å²) in [5, 5.41) is 0.690. The number of nitrogens with two attached hydrogens (primary N) is 1. The first kappa shape index (κ1) is 14.6. The summed E-state index contributed by atoms with van der Waals surface area (Å²) in [5.74, 6) is 1.15. The predicted molar refractivity (Wildman–Crippen MR) is 84.7 cm³/mol. The van der Waals surface area contributed by atoms with Crippen molar-refractivity contribution in [2.45, 2.75) is 6.61 Å². The predicted octanol–water partition coefficient (Wildman–Crippen LogP) is 3.56. The number of rotatable bonds is 5. The van der Waals surface area contributed by atoms with Crippen LogP contribution in [0.4, 0.5) is 0 Å². The Morgan fingerprint density at radius 3 is 2.50 bits per heavy atom. The Labute approximate surface area is 128 Å². The van der Waals surface area contributed by atoms with E-state index in [-0.39, 0.29) is 4.99 Å². The van der Waals surface area contributed by atoms with Crippen LogP contribution in [0.2, 0.25) is 5.02 Å². The number of halogens is 1. The van der Waals surface area contributed by atoms with E-state index in [4.69, 9.17) is 39.0 Å². The van der Waals surface area contributed by atoms with Gasteiger partial charge >= 0.3 is 0 Å². The Balaban J connectivity index is 2.23. The fraction of sp³-hybridized carbons (Fsp3) is 0.133. The molecule has 2 aromatic carbocycles. The summed E-state index contributed by atoms with van der Waals surface area (Å²) in [5.41, 5.74) is 7.36. The van der Waals surface area contributed by atoms with Gasteiger partial charge in [0.15, 0.2) is 11.5 Å². The lowest BCUT2D eigenvalue weighted by molar-refractivity contribution is 0.284. The molecule has 0 radical (unpaired) electrons. The lowest BCUT2D eigenvalue weighted by Gasteiger charge is -2.14. The van der Waals surface area contributed by atoms with Crippen molar-refractivity contribution in [3.05, 3.63) is 58.6 Å². The van der Waals surface area contributed by atoms with Gasteiger partial charge in [-0.25, -0.2) is 0 Å². The molecule has 0 saturated heterocycles. The fourth-order valence-electron chi connectivity index (χ4n) is 1.76. The van der Waals surface area contributed by atoms with Gasteiger partial charge in [0.1, 0.15) is 11.6 Å². The minimum absolute atomic E-state index is 0.273. The van der Waals surface area contributed by atoms with Gasteiger partial charge in [0.2, 0.25) is 0 Å². The molecule has 0 heterocycles. The van der Waals surface area contributed by atoms with Crippen LogP contribution >= 0.6 is 23.8 Å². The average Bonchev–Trinajstić information content (AvgIpc) is 2.46. The fourth-order valence-corrected chi connectivity index (χ4v) is 2.04. The standard InChI is InChI=1S/C15H14ClNO2S/c1-18-13-4-2-3-12(15(17)20)14(13)19-9-10-5-7-11(16)8-6-10/h2-8H,9H2,1H3,(H2,17,20). The van der Waals surface area contributed by atoms with E-state index in [9.17, 15) is 0 Å². The molecule has 0 fully saturated rings. The highest BCUT2D eigenvalue weighted by atomic mass is 35.5. The van der Waals surface area contributed by atoms with Crippen molar-refractivity contribution >= 4 is 28.8 Å². The Hall–Kier alpha value is -1.78. The van der Waals surface area contributed by atoms with Crippen LogP contribution in [0.3, 0.4) is 0 Å². The van der Waals surface area contributed by atoms with Gasteiger partial charge in [0, 0.05) is 5.02 Å². The number of benzene rings is 2. The lowest BCUT2D eigenvalue weighted by atomic mass is 10.2. The molecule has 0 spiro atoms. The highest BCUT2D eigenvalue weighted by molar-refractivity contribution is 7.80. The van der Waals surface area contributed by atoms with E-state index >= 15 is 0 Å². The number of hydrogen-bond acceptors (Lipinski definition) is 3. The normalized spacial score (nSPS) is 10.1. The SMILES string of the molecule is COc1cccc(C(N)=S)c1OCc1ccc(Cl)cc1. The monoisotopic (exact) mass is 307 g/mol. The van der Waals surface area contributed by atoms with Crippen molar-refractivity contribution in [1.82, 2.24) is 0 Å². The molecular weight excluding hydrogens is 294 g/mol. The number of ether oxygens (including phenoxy) is 2. The topological polar surface area (TPSA) is 44.5 Å². The van der Waals surface area contributed by atoms with Crippen molar-refractivity contribution in [2.24, 2.45) is 5.73 Å². The molecule has 0 amide bonds. The smallest absolute Gasteiger partial charge is 0.171 e. The lowest BCUT2D eigenvalue weighted by Crippen LogP contribution is -2.12. The van der Waals surface area contributed by atoms with E-state index in [1.807, 2.05) is 36.4 Å². The second kappa shape index (κ2) is 6.59. The maximum absolute atomic E-state index is 5.85. The third-order valence-electron chi connectivity index (χ3n) is 2.76. The molecule has 5 heteroatoms. The molecule has 20 heavy (non-hydrogen) atoms. The second-order valence-corrected chi connectivity index (χ2v) is 4.99. The molecule has 2 N–H and O–H groups in total. The maximum atomic E-state index is 5.85. The zero-order chi connectivity index (χ0) is 14.5. The van der Waals surface area contributed by atoms with Crippen LogP contribution in [0, 0.1) is 0 Å². The molecular formula is C15H14ClNO2S. The maximum Gasteiger partial charge on any atom is 0.171 e. The molecule has 2 aromatic rings. The molecule has 0 saturated carbocycles. The van der Waals surface area contributed by atoms with Gasteiger partial charge in [-0.1, -0.05) is 42.0 Å². The van der Waals surface area contributed by atoms with E-state index in [1.165, 1.54) is 0 Å². The van der Waals surface area contributed by atoms with Gasteiger partial charge < -0.3 is 15.2 Å². The zero-order valence-corrected chi connectivity index (χ0v) is 12.5. The summed E-state index contributed by atoms with van der Waals surface area (Å²) in [7, 11) is 1.58. The highest BCUT2D eigenvalue weighted by Gasteiger charge is 2.12. The average molecular weight is 308 g/mol. The van der Waals surface area contributed by atoms with Gasteiger partial charge in [-0.05, 0) is 29.8 Å². The molecule has 0 aliphatic heterocycles. The van der Waals surface area contributed by atoms with Crippen LogP contribution in [0.5, 0.6) is 11.5 Å². The van der Waals surface area contributed by atoms with Crippen LogP contribution in [0.25, 0.3) is 0 Å². The Bertz CT molecular complexity index is 614. The summed E-state index contributed by atoms with van der Waals surface area (Å²) in [6, 6.07) is 12.9. The summed E-state index contributed by atoms with van der Waals surface area (Å²) in [4.78, 5) is 0.273. The van der Waals surface area contributed by atoms with Crippen molar-refractivity contribution in [3.63, 3.8) is 0 Å². The minimum Gasteiger partial charge on any atom is -0.493 e. The van der Waals surface area contributed by atoms with Crippen LogP contribution in [-0.2, 0) is 6.61 Å². The second-order valence-electron chi connectivity index (χ2n) is 4.12. The van der Waals surface area contributed by atoms with Crippen molar-refractivity contribution < 1.29 is 9.47 Å². The number of methoxy groups -OCH3 is 1. The molecule has 0 unspecified atom stereocenters. The molecule has 0 aliphatic carbocycles. The molecule has 0 bridgehead atoms. The van der Waals surface area contributed by atoms with Crippen LogP contribution in [0.15, 0.2) is 42.5 Å². The molecule has 104 valence electrons. The third kappa shape index (κ3) is 3.40. The third-order valence-corrected chi connectivity index (χ3v) is 3.23. The van der Waals surface area contributed by atoms with Crippen LogP contribution in [-0.4, -0.2) is 12.1 Å². The summed E-state index contributed by atoms with van der Waals surface area (Å²) in [6.07, 6.45) is 0. The Kier molecular flexibility index (Phi) is 4.82. The highest BCUT2D eigenvalue weighted by Crippen LogP contribution is 2.31. The number of thiocarbonyl (C=S) groups is 1. The van der Waals surface area contributed by atoms with Gasteiger partial charge in [0.25, 0.3) is 0 Å². The Morgan fingerprint density at radius 1 is 1.20 bits per heavy atom. The minimum atomic E-state index is 0.273. The van der Waals surface area contributed by atoms with Gasteiger partial charge in [-0.3, -0.25) is 0 Å². The van der Waals surface area contributed by atoms with Crippen molar-refractivity contribution in [2.75, 3.05) is 7.11 Å². The van der Waals surface area contributed by atoms with E-state index in [2.05, 4.69) is 0 Å². The summed E-state index contributed by atoms with van der Waals surface area (Å²) < 4.78 is 11.1. The molecule has 0 aromatic heterocycles. The first-order valence-electron chi connectivity index (χ1n) is 5.96. The largest absolute Gasteiger partial charge is 0.493 e.